The van der Waals surface area contributed by atoms with Gasteiger partial charge in [0.1, 0.15) is 16.5 Å². The van der Waals surface area contributed by atoms with E-state index < -0.39 is 15.8 Å². The van der Waals surface area contributed by atoms with Gasteiger partial charge >= 0.3 is 0 Å². The SMILES string of the molecule is COc1ccc(-c2sc(NC(C)(C)C3CCNCC3)nc2C)cc1S(=O)(=O)Nc1ccc(F)cc1Cl. The maximum absolute atomic E-state index is 13.4. The molecule has 0 bridgehead atoms. The average Bonchev–Trinajstić information content (AvgIpc) is 3.20. The molecule has 1 aromatic heterocycles. The molecule has 194 valence electrons. The molecule has 1 aliphatic heterocycles. The van der Waals surface area contributed by atoms with E-state index in [-0.39, 0.29) is 26.9 Å². The fourth-order valence-corrected chi connectivity index (χ4v) is 7.11. The molecular weight excluding hydrogens is 523 g/mol. The largest absolute Gasteiger partial charge is 0.495 e. The van der Waals surface area contributed by atoms with Crippen LogP contribution >= 0.6 is 22.9 Å². The predicted molar refractivity (Wildman–Crippen MR) is 144 cm³/mol. The van der Waals surface area contributed by atoms with E-state index >= 15 is 0 Å². The minimum Gasteiger partial charge on any atom is -0.495 e. The average molecular weight is 553 g/mol. The van der Waals surface area contributed by atoms with Crippen molar-refractivity contribution in [2.45, 2.75) is 44.0 Å². The maximum atomic E-state index is 13.4. The topological polar surface area (TPSA) is 92.3 Å². The zero-order valence-corrected chi connectivity index (χ0v) is 23.0. The maximum Gasteiger partial charge on any atom is 0.265 e. The van der Waals surface area contributed by atoms with E-state index in [2.05, 4.69) is 29.2 Å². The number of hydrogen-bond donors (Lipinski definition) is 3. The molecule has 0 amide bonds. The minimum atomic E-state index is -4.09. The summed E-state index contributed by atoms with van der Waals surface area (Å²) in [5, 5.41) is 7.76. The summed E-state index contributed by atoms with van der Waals surface area (Å²) in [7, 11) is -2.69. The Kier molecular flexibility index (Phi) is 7.80. The van der Waals surface area contributed by atoms with Crippen LogP contribution in [0, 0.1) is 18.7 Å². The Labute approximate surface area is 220 Å². The molecule has 0 unspecified atom stereocenters. The van der Waals surface area contributed by atoms with Gasteiger partial charge in [-0.15, -0.1) is 0 Å². The van der Waals surface area contributed by atoms with Crippen LogP contribution < -0.4 is 20.1 Å². The van der Waals surface area contributed by atoms with Crippen molar-refractivity contribution >= 4 is 43.8 Å². The Hall–Kier alpha value is -2.40. The Balaban J connectivity index is 1.64. The van der Waals surface area contributed by atoms with Crippen molar-refractivity contribution in [2.75, 3.05) is 30.2 Å². The summed E-state index contributed by atoms with van der Waals surface area (Å²) in [6.45, 7) is 8.33. The highest BCUT2D eigenvalue weighted by Crippen LogP contribution is 2.39. The number of methoxy groups -OCH3 is 1. The van der Waals surface area contributed by atoms with Crippen LogP contribution in [0.2, 0.25) is 5.02 Å². The van der Waals surface area contributed by atoms with Crippen LogP contribution in [0.3, 0.4) is 0 Å². The van der Waals surface area contributed by atoms with Gasteiger partial charge in [-0.3, -0.25) is 4.72 Å². The molecule has 0 radical (unpaired) electrons. The van der Waals surface area contributed by atoms with Gasteiger partial charge in [-0.05, 0) is 94.6 Å². The van der Waals surface area contributed by atoms with Gasteiger partial charge in [-0.25, -0.2) is 17.8 Å². The Bertz CT molecular complexity index is 1360. The van der Waals surface area contributed by atoms with E-state index in [0.717, 1.165) is 53.8 Å². The van der Waals surface area contributed by atoms with E-state index in [0.29, 0.717) is 11.5 Å². The highest BCUT2D eigenvalue weighted by Gasteiger charge is 2.31. The summed E-state index contributed by atoms with van der Waals surface area (Å²) in [6, 6.07) is 8.44. The summed E-state index contributed by atoms with van der Waals surface area (Å²) in [4.78, 5) is 5.54. The molecule has 3 N–H and O–H groups in total. The lowest BCUT2D eigenvalue weighted by Crippen LogP contribution is -2.44. The Morgan fingerprint density at radius 2 is 1.92 bits per heavy atom. The lowest BCUT2D eigenvalue weighted by Gasteiger charge is -2.37. The lowest BCUT2D eigenvalue weighted by molar-refractivity contribution is 0.269. The number of aromatic nitrogens is 1. The molecule has 0 aliphatic carbocycles. The molecule has 11 heteroatoms. The molecule has 1 saturated heterocycles. The first-order chi connectivity index (χ1) is 17.0. The molecule has 4 rings (SSSR count). The smallest absolute Gasteiger partial charge is 0.265 e. The van der Waals surface area contributed by atoms with Crippen molar-refractivity contribution in [2.24, 2.45) is 5.92 Å². The van der Waals surface area contributed by atoms with Crippen molar-refractivity contribution in [1.29, 1.82) is 0 Å². The van der Waals surface area contributed by atoms with Crippen LogP contribution in [0.5, 0.6) is 5.75 Å². The summed E-state index contributed by atoms with van der Waals surface area (Å²) in [5.41, 5.74) is 1.44. The molecule has 36 heavy (non-hydrogen) atoms. The number of halogens is 2. The third-order valence-electron chi connectivity index (χ3n) is 6.48. The van der Waals surface area contributed by atoms with Crippen LogP contribution in [0.25, 0.3) is 10.4 Å². The van der Waals surface area contributed by atoms with Gasteiger partial charge in [0.15, 0.2) is 5.13 Å². The van der Waals surface area contributed by atoms with Crippen molar-refractivity contribution in [3.05, 3.63) is 52.9 Å². The molecule has 3 aromatic rings. The molecule has 2 heterocycles. The zero-order chi connectivity index (χ0) is 26.1. The highest BCUT2D eigenvalue weighted by molar-refractivity contribution is 7.92. The number of sulfonamides is 1. The molecule has 0 spiro atoms. The summed E-state index contributed by atoms with van der Waals surface area (Å²) < 4.78 is 47.8. The number of nitrogens with one attached hydrogen (secondary N) is 3. The highest BCUT2D eigenvalue weighted by atomic mass is 35.5. The van der Waals surface area contributed by atoms with E-state index in [1.807, 2.05) is 13.0 Å². The van der Waals surface area contributed by atoms with Crippen LogP contribution in [-0.4, -0.2) is 39.1 Å². The second kappa shape index (κ2) is 10.5. The van der Waals surface area contributed by atoms with Gasteiger partial charge in [0.2, 0.25) is 0 Å². The normalized spacial score (nSPS) is 15.1. The molecule has 0 saturated carbocycles. The fourth-order valence-electron chi connectivity index (χ4n) is 4.44. The summed E-state index contributed by atoms with van der Waals surface area (Å²) in [6.07, 6.45) is 2.20. The van der Waals surface area contributed by atoms with Crippen LogP contribution in [-0.2, 0) is 10.0 Å². The van der Waals surface area contributed by atoms with Gasteiger partial charge in [0.05, 0.1) is 28.4 Å². The standard InChI is InChI=1S/C25H30ClFN4O3S2/c1-15-23(35-24(29-15)30-25(2,3)17-9-11-28-12-10-17)16-5-8-21(34-4)22(13-16)36(32,33)31-20-7-6-18(27)14-19(20)26/h5-8,13-14,17,28,31H,9-12H2,1-4H3,(H,29,30). The number of hydrogen-bond acceptors (Lipinski definition) is 7. The summed E-state index contributed by atoms with van der Waals surface area (Å²) in [5.74, 6) is 0.140. The summed E-state index contributed by atoms with van der Waals surface area (Å²) >= 11 is 7.53. The van der Waals surface area contributed by atoms with Gasteiger partial charge < -0.3 is 15.4 Å². The Morgan fingerprint density at radius 3 is 2.58 bits per heavy atom. The number of rotatable bonds is 8. The first-order valence-electron chi connectivity index (χ1n) is 11.6. The number of ether oxygens (including phenoxy) is 1. The van der Waals surface area contributed by atoms with Crippen LogP contribution in [0.4, 0.5) is 15.2 Å². The second-order valence-electron chi connectivity index (χ2n) is 9.40. The first-order valence-corrected chi connectivity index (χ1v) is 14.3. The van der Waals surface area contributed by atoms with Gasteiger partial charge in [0.25, 0.3) is 10.0 Å². The lowest BCUT2D eigenvalue weighted by atomic mass is 9.81. The van der Waals surface area contributed by atoms with Crippen LogP contribution in [0.15, 0.2) is 41.3 Å². The number of nitrogens with zero attached hydrogens (tertiary/aromatic N) is 1. The van der Waals surface area contributed by atoms with Crippen molar-refractivity contribution < 1.29 is 17.5 Å². The number of piperidine rings is 1. The van der Waals surface area contributed by atoms with E-state index in [9.17, 15) is 12.8 Å². The van der Waals surface area contributed by atoms with Crippen LogP contribution in [0.1, 0.15) is 32.4 Å². The molecular formula is C25H30ClFN4O3S2. The Morgan fingerprint density at radius 1 is 1.19 bits per heavy atom. The number of thiazole rings is 1. The van der Waals surface area contributed by atoms with E-state index in [4.69, 9.17) is 21.3 Å². The fraction of sp³-hybridized carbons (Fsp3) is 0.400. The number of benzene rings is 2. The minimum absolute atomic E-state index is 0.0425. The first kappa shape index (κ1) is 26.7. The van der Waals surface area contributed by atoms with Gasteiger partial charge in [-0.1, -0.05) is 22.9 Å². The van der Waals surface area contributed by atoms with Gasteiger partial charge in [0, 0.05) is 5.54 Å². The third-order valence-corrected chi connectivity index (χ3v) is 9.30. The third kappa shape index (κ3) is 5.77. The van der Waals surface area contributed by atoms with Crippen molar-refractivity contribution in [1.82, 2.24) is 10.3 Å². The second-order valence-corrected chi connectivity index (χ2v) is 12.5. The van der Waals surface area contributed by atoms with Gasteiger partial charge in [-0.2, -0.15) is 0 Å². The molecule has 0 atom stereocenters. The van der Waals surface area contributed by atoms with Crippen molar-refractivity contribution in [3.8, 4) is 16.2 Å². The number of anilines is 2. The molecule has 2 aromatic carbocycles. The van der Waals surface area contributed by atoms with E-state index in [1.165, 1.54) is 24.5 Å². The van der Waals surface area contributed by atoms with Crippen molar-refractivity contribution in [3.63, 3.8) is 0 Å². The van der Waals surface area contributed by atoms with E-state index in [1.54, 1.807) is 12.1 Å². The zero-order valence-electron chi connectivity index (χ0n) is 20.6. The molecule has 1 aliphatic rings. The predicted octanol–water partition coefficient (Wildman–Crippen LogP) is 5.91. The monoisotopic (exact) mass is 552 g/mol. The molecule has 7 nitrogen and oxygen atoms in total. The quantitative estimate of drug-likeness (QED) is 0.322. The number of aryl methyl sites for hydroxylation is 1. The molecule has 1 fully saturated rings.